The molecule has 12 heteroatoms. The van der Waals surface area contributed by atoms with Crippen LogP contribution in [0.15, 0.2) is 70.4 Å². The highest BCUT2D eigenvalue weighted by Crippen LogP contribution is 2.36. The summed E-state index contributed by atoms with van der Waals surface area (Å²) in [6, 6.07) is 2.41. The maximum Gasteiger partial charge on any atom is 0.434 e. The van der Waals surface area contributed by atoms with Crippen molar-refractivity contribution in [1.29, 1.82) is 0 Å². The molecule has 0 aliphatic heterocycles. The van der Waals surface area contributed by atoms with Crippen molar-refractivity contribution in [3.05, 3.63) is 94.9 Å². The van der Waals surface area contributed by atoms with Gasteiger partial charge in [-0.05, 0) is 38.8 Å². The van der Waals surface area contributed by atoms with Crippen molar-refractivity contribution in [1.82, 2.24) is 45.6 Å². The molecule has 4 atom stereocenters. The SMILES string of the molecule is CC.CCC[C@@H](NC(c1cnn(CC)c1)(c1n[nH]c(=O)o1)C(C)NC1C=CC=CC1)c1ncc(-c2ccc(F)cn2)[nH]1. The number of allylic oxidation sites excluding steroid dienone is 2. The van der Waals surface area contributed by atoms with E-state index < -0.39 is 17.1 Å². The smallest absolute Gasteiger partial charge is 0.390 e. The number of rotatable bonds is 12. The van der Waals surface area contributed by atoms with Gasteiger partial charge in [0.05, 0.1) is 36.0 Å². The highest BCUT2D eigenvalue weighted by atomic mass is 19.1. The Morgan fingerprint density at radius 2 is 2.02 bits per heavy atom. The number of aromatic nitrogens is 7. The van der Waals surface area contributed by atoms with Gasteiger partial charge in [-0.25, -0.2) is 19.3 Å². The van der Waals surface area contributed by atoms with Crippen LogP contribution in [0.25, 0.3) is 11.4 Å². The van der Waals surface area contributed by atoms with E-state index in [1.54, 1.807) is 18.5 Å². The minimum absolute atomic E-state index is 0.0671. The lowest BCUT2D eigenvalue weighted by Crippen LogP contribution is -2.59. The van der Waals surface area contributed by atoms with E-state index in [0.29, 0.717) is 30.2 Å². The van der Waals surface area contributed by atoms with Gasteiger partial charge >= 0.3 is 5.76 Å². The van der Waals surface area contributed by atoms with E-state index in [9.17, 15) is 9.18 Å². The average Bonchev–Trinajstić information content (AvgIpc) is 3.79. The fourth-order valence-corrected chi connectivity index (χ4v) is 5.14. The minimum Gasteiger partial charge on any atom is -0.390 e. The van der Waals surface area contributed by atoms with Gasteiger partial charge in [-0.3, -0.25) is 15.0 Å². The number of H-pyrrole nitrogens is 2. The minimum atomic E-state index is -1.11. The van der Waals surface area contributed by atoms with Gasteiger partial charge in [0.15, 0.2) is 0 Å². The summed E-state index contributed by atoms with van der Waals surface area (Å²) < 4.78 is 21.0. The maximum absolute atomic E-state index is 13.5. The number of aryl methyl sites for hydroxylation is 1. The van der Waals surface area contributed by atoms with Crippen molar-refractivity contribution >= 4 is 0 Å². The summed E-state index contributed by atoms with van der Waals surface area (Å²) in [5, 5.41) is 18.8. The van der Waals surface area contributed by atoms with Crippen molar-refractivity contribution in [2.45, 2.75) is 84.1 Å². The quantitative estimate of drug-likeness (QED) is 0.189. The molecule has 3 unspecified atom stereocenters. The number of imidazole rings is 1. The van der Waals surface area contributed by atoms with Gasteiger partial charge in [0.1, 0.15) is 17.2 Å². The highest BCUT2D eigenvalue weighted by Gasteiger charge is 2.48. The molecule has 1 aliphatic rings. The molecule has 42 heavy (non-hydrogen) atoms. The van der Waals surface area contributed by atoms with E-state index in [-0.39, 0.29) is 24.0 Å². The van der Waals surface area contributed by atoms with E-state index in [1.807, 2.05) is 50.7 Å². The zero-order valence-electron chi connectivity index (χ0n) is 24.8. The fraction of sp³-hybridized carbons (Fsp3) is 0.433. The molecule has 0 spiro atoms. The lowest BCUT2D eigenvalue weighted by Gasteiger charge is -2.40. The molecular weight excluding hydrogens is 537 g/mol. The van der Waals surface area contributed by atoms with E-state index in [4.69, 9.17) is 4.42 Å². The Morgan fingerprint density at radius 3 is 2.64 bits per heavy atom. The average molecular weight is 578 g/mol. The van der Waals surface area contributed by atoms with Gasteiger partial charge < -0.3 is 14.7 Å². The Hall–Kier alpha value is -4.16. The van der Waals surface area contributed by atoms with E-state index in [2.05, 4.69) is 60.0 Å². The molecule has 4 aromatic rings. The zero-order chi connectivity index (χ0) is 30.1. The van der Waals surface area contributed by atoms with Crippen molar-refractivity contribution in [3.8, 4) is 11.4 Å². The van der Waals surface area contributed by atoms with Crippen LogP contribution in [0.5, 0.6) is 0 Å². The number of halogens is 1. The molecule has 0 saturated carbocycles. The summed E-state index contributed by atoms with van der Waals surface area (Å²) in [6.45, 7) is 10.8. The molecule has 4 aromatic heterocycles. The van der Waals surface area contributed by atoms with Crippen LogP contribution in [0.4, 0.5) is 4.39 Å². The van der Waals surface area contributed by atoms with Crippen molar-refractivity contribution in [2.24, 2.45) is 0 Å². The molecule has 0 bridgehead atoms. The van der Waals surface area contributed by atoms with Gasteiger partial charge in [-0.2, -0.15) is 5.10 Å². The molecule has 0 saturated heterocycles. The molecule has 0 radical (unpaired) electrons. The number of hydrogen-bond donors (Lipinski definition) is 4. The van der Waals surface area contributed by atoms with Crippen molar-refractivity contribution in [3.63, 3.8) is 0 Å². The van der Waals surface area contributed by atoms with Crippen LogP contribution in [0.1, 0.15) is 77.2 Å². The van der Waals surface area contributed by atoms with Gasteiger partial charge in [0, 0.05) is 30.4 Å². The Kier molecular flexibility index (Phi) is 10.4. The van der Waals surface area contributed by atoms with Crippen LogP contribution in [0, 0.1) is 5.82 Å². The second kappa shape index (κ2) is 14.1. The number of aromatic amines is 2. The summed E-state index contributed by atoms with van der Waals surface area (Å²) in [6.07, 6.45) is 17.2. The van der Waals surface area contributed by atoms with E-state index in [0.717, 1.165) is 18.4 Å². The Labute approximate surface area is 244 Å². The lowest BCUT2D eigenvalue weighted by atomic mass is 9.82. The predicted molar refractivity (Wildman–Crippen MR) is 159 cm³/mol. The van der Waals surface area contributed by atoms with E-state index >= 15 is 0 Å². The number of hydrogen-bond acceptors (Lipinski definition) is 8. The van der Waals surface area contributed by atoms with Crippen molar-refractivity contribution in [2.75, 3.05) is 0 Å². The largest absolute Gasteiger partial charge is 0.434 e. The monoisotopic (exact) mass is 577 g/mol. The van der Waals surface area contributed by atoms with Crippen LogP contribution in [0.3, 0.4) is 0 Å². The normalized spacial score (nSPS) is 17.3. The summed E-state index contributed by atoms with van der Waals surface area (Å²) in [5.41, 5.74) is 0.922. The first-order valence-electron chi connectivity index (χ1n) is 14.6. The Bertz CT molecular complexity index is 1520. The van der Waals surface area contributed by atoms with Crippen LogP contribution in [-0.2, 0) is 12.1 Å². The number of nitrogens with zero attached hydrogens (tertiary/aromatic N) is 5. The topological polar surface area (TPSA) is 142 Å². The van der Waals surface area contributed by atoms with Gasteiger partial charge in [0.25, 0.3) is 0 Å². The summed E-state index contributed by atoms with van der Waals surface area (Å²) >= 11 is 0. The molecule has 11 nitrogen and oxygen atoms in total. The Balaban J connectivity index is 0.00000198. The molecule has 0 fully saturated rings. The summed E-state index contributed by atoms with van der Waals surface area (Å²) in [4.78, 5) is 24.5. The summed E-state index contributed by atoms with van der Waals surface area (Å²) in [7, 11) is 0. The first-order valence-corrected chi connectivity index (χ1v) is 14.6. The zero-order valence-corrected chi connectivity index (χ0v) is 24.8. The molecule has 4 heterocycles. The number of nitrogens with one attached hydrogen (secondary N) is 4. The van der Waals surface area contributed by atoms with Crippen LogP contribution in [-0.4, -0.2) is 47.0 Å². The van der Waals surface area contributed by atoms with Gasteiger partial charge in [-0.1, -0.05) is 51.5 Å². The molecule has 0 amide bonds. The van der Waals surface area contributed by atoms with Crippen LogP contribution < -0.4 is 16.4 Å². The first kappa shape index (κ1) is 30.8. The summed E-state index contributed by atoms with van der Waals surface area (Å²) in [5.74, 6) is -0.194. The molecule has 224 valence electrons. The predicted octanol–water partition coefficient (Wildman–Crippen LogP) is 4.77. The maximum atomic E-state index is 13.5. The Morgan fingerprint density at radius 1 is 1.19 bits per heavy atom. The van der Waals surface area contributed by atoms with E-state index in [1.165, 1.54) is 12.3 Å². The standard InChI is InChI=1S/C28H34FN9O2.C2H6/c1-4-9-23(25-31-16-24(34-25)22-13-12-20(29)15-30-22)35-28(26-36-37-27(39)40-26,19-14-32-38(5-2)17-19)18(3)33-21-10-7-6-8-11-21;1-2/h6-8,10,12-18,21,23,33,35H,4-5,9,11H2,1-3H3,(H,31,34)(H,37,39);1-2H3/t18?,21?,23-,28?;/m1./s1. The number of pyridine rings is 1. The molecular formula is C30H40FN9O2. The van der Waals surface area contributed by atoms with Gasteiger partial charge in [0.2, 0.25) is 5.89 Å². The molecule has 1 aliphatic carbocycles. The third kappa shape index (κ3) is 6.66. The fourth-order valence-electron chi connectivity index (χ4n) is 5.14. The molecule has 0 aromatic carbocycles. The third-order valence-electron chi connectivity index (χ3n) is 7.19. The van der Waals surface area contributed by atoms with Crippen LogP contribution in [0.2, 0.25) is 0 Å². The first-order chi connectivity index (χ1) is 20.4. The second-order valence-corrected chi connectivity index (χ2v) is 9.88. The highest BCUT2D eigenvalue weighted by molar-refractivity contribution is 5.52. The lowest BCUT2D eigenvalue weighted by molar-refractivity contribution is 0.200. The van der Waals surface area contributed by atoms with Gasteiger partial charge in [-0.15, -0.1) is 5.10 Å². The second-order valence-electron chi connectivity index (χ2n) is 9.88. The van der Waals surface area contributed by atoms with Crippen LogP contribution >= 0.6 is 0 Å². The third-order valence-corrected chi connectivity index (χ3v) is 7.19. The molecule has 4 N–H and O–H groups in total. The molecule has 5 rings (SSSR count). The van der Waals surface area contributed by atoms with Crippen molar-refractivity contribution < 1.29 is 8.81 Å².